The van der Waals surface area contributed by atoms with Crippen molar-refractivity contribution >= 4 is 23.6 Å². The topological polar surface area (TPSA) is 80.6 Å². The Labute approximate surface area is 206 Å². The number of fused-ring (bicyclic) bond motifs is 3. The molecule has 186 valence electrons. The molecular weight excluding hydrogens is 480 g/mol. The third-order valence-electron chi connectivity index (χ3n) is 7.64. The minimum absolute atomic E-state index is 0.0177. The van der Waals surface area contributed by atoms with Crippen LogP contribution in [0.1, 0.15) is 55.7 Å². The number of likely N-dealkylation sites (tertiary alicyclic amines) is 1. The van der Waals surface area contributed by atoms with E-state index in [2.05, 4.69) is 10.2 Å². The number of nitrogens with zero attached hydrogens (tertiary/aromatic N) is 5. The molecule has 1 aromatic heterocycles. The highest BCUT2D eigenvalue weighted by molar-refractivity contribution is 6.30. The van der Waals surface area contributed by atoms with Crippen LogP contribution in [-0.4, -0.2) is 68.1 Å². The number of benzene rings is 1. The average Bonchev–Trinajstić information content (AvgIpc) is 3.44. The number of rotatable bonds is 4. The van der Waals surface area contributed by atoms with E-state index in [0.29, 0.717) is 36.8 Å². The van der Waals surface area contributed by atoms with Crippen molar-refractivity contribution in [2.24, 2.45) is 5.41 Å². The monoisotopic (exact) mass is 505 g/mol. The number of carbonyl (C=O) groups is 2. The Kier molecular flexibility index (Phi) is 5.11. The first-order valence-corrected chi connectivity index (χ1v) is 12.3. The number of alkyl halides is 2. The summed E-state index contributed by atoms with van der Waals surface area (Å²) in [5, 5.41) is 9.41. The molecule has 1 atom stereocenters. The van der Waals surface area contributed by atoms with E-state index in [9.17, 15) is 18.4 Å². The number of ether oxygens (including phenoxy) is 1. The fraction of sp³-hybridized carbons (Fsp3) is 0.583. The van der Waals surface area contributed by atoms with Crippen molar-refractivity contribution in [3.63, 3.8) is 0 Å². The van der Waals surface area contributed by atoms with Crippen LogP contribution in [0.25, 0.3) is 5.69 Å². The van der Waals surface area contributed by atoms with E-state index in [-0.39, 0.29) is 30.3 Å². The first-order valence-electron chi connectivity index (χ1n) is 11.9. The van der Waals surface area contributed by atoms with Gasteiger partial charge in [-0.25, -0.2) is 13.6 Å². The molecule has 2 aromatic rings. The molecular formula is C24H26ClF2N5O3. The Morgan fingerprint density at radius 1 is 1.20 bits per heavy atom. The summed E-state index contributed by atoms with van der Waals surface area (Å²) in [5.74, 6) is 1.17. The molecule has 4 aliphatic rings. The summed E-state index contributed by atoms with van der Waals surface area (Å²) in [6.45, 7) is 2.33. The highest BCUT2D eigenvalue weighted by Gasteiger charge is 2.60. The third-order valence-corrected chi connectivity index (χ3v) is 7.88. The van der Waals surface area contributed by atoms with E-state index in [1.807, 2.05) is 10.6 Å². The molecule has 1 spiro atoms. The number of halogens is 3. The first kappa shape index (κ1) is 22.7. The molecule has 1 saturated heterocycles. The summed E-state index contributed by atoms with van der Waals surface area (Å²) >= 11 is 6.26. The Hall–Kier alpha value is -2.75. The summed E-state index contributed by atoms with van der Waals surface area (Å²) in [7, 11) is 0. The Morgan fingerprint density at radius 2 is 1.94 bits per heavy atom. The van der Waals surface area contributed by atoms with Gasteiger partial charge in [-0.1, -0.05) is 11.6 Å². The minimum atomic E-state index is -1.62. The second-order valence-electron chi connectivity index (χ2n) is 10.5. The zero-order chi connectivity index (χ0) is 24.5. The van der Waals surface area contributed by atoms with Crippen LogP contribution in [-0.2, 0) is 22.6 Å². The molecule has 3 heterocycles. The molecule has 2 aliphatic carbocycles. The molecule has 0 bridgehead atoms. The SMILES string of the molecule is C[C@H](CF)OC(=O)N1Cc2cc(Cl)ccc2-n2c(nnc2C2CC3(C2)CN(C(=O)C2(F)CC2)C3)C1. The van der Waals surface area contributed by atoms with Crippen molar-refractivity contribution in [2.75, 3.05) is 19.8 Å². The van der Waals surface area contributed by atoms with Gasteiger partial charge in [0.05, 0.1) is 18.8 Å². The molecule has 2 aliphatic heterocycles. The van der Waals surface area contributed by atoms with Gasteiger partial charge >= 0.3 is 6.09 Å². The maximum atomic E-state index is 14.1. The standard InChI is InChI=1S/C24H26ClF2N5O3/c1-14(9-26)35-22(34)30-10-15-6-17(25)2-3-18(15)32-19(11-30)28-29-20(32)16-7-23(8-16)12-31(13-23)21(33)24(27)4-5-24/h2-3,6,14,16H,4-5,7-13H2,1H3/t14-/m1/s1. The van der Waals surface area contributed by atoms with Gasteiger partial charge in [0.2, 0.25) is 0 Å². The average molecular weight is 506 g/mol. The van der Waals surface area contributed by atoms with E-state index in [1.165, 1.54) is 11.8 Å². The summed E-state index contributed by atoms with van der Waals surface area (Å²) in [4.78, 5) is 28.1. The Morgan fingerprint density at radius 3 is 2.63 bits per heavy atom. The second kappa shape index (κ2) is 7.88. The zero-order valence-corrected chi connectivity index (χ0v) is 20.1. The number of carbonyl (C=O) groups excluding carboxylic acids is 2. The van der Waals surface area contributed by atoms with Crippen LogP contribution in [0.2, 0.25) is 5.02 Å². The molecule has 11 heteroatoms. The molecule has 0 unspecified atom stereocenters. The lowest BCUT2D eigenvalue weighted by atomic mass is 9.57. The van der Waals surface area contributed by atoms with Crippen LogP contribution < -0.4 is 0 Å². The van der Waals surface area contributed by atoms with E-state index >= 15 is 0 Å². The second-order valence-corrected chi connectivity index (χ2v) is 11.0. The van der Waals surface area contributed by atoms with Crippen molar-refractivity contribution in [1.29, 1.82) is 0 Å². The lowest BCUT2D eigenvalue weighted by Crippen LogP contribution is -2.64. The largest absolute Gasteiger partial charge is 0.444 e. The van der Waals surface area contributed by atoms with Gasteiger partial charge in [0.15, 0.2) is 11.5 Å². The van der Waals surface area contributed by atoms with E-state index < -0.39 is 24.5 Å². The predicted octanol–water partition coefficient (Wildman–Crippen LogP) is 3.94. The highest BCUT2D eigenvalue weighted by atomic mass is 35.5. The number of aromatic nitrogens is 3. The molecule has 1 aromatic carbocycles. The van der Waals surface area contributed by atoms with Gasteiger partial charge in [-0.05, 0) is 56.4 Å². The molecule has 0 N–H and O–H groups in total. The fourth-order valence-electron chi connectivity index (χ4n) is 5.64. The minimum Gasteiger partial charge on any atom is -0.444 e. The number of hydrogen-bond donors (Lipinski definition) is 0. The van der Waals surface area contributed by atoms with E-state index in [1.54, 1.807) is 17.0 Å². The lowest BCUT2D eigenvalue weighted by molar-refractivity contribution is -0.158. The zero-order valence-electron chi connectivity index (χ0n) is 19.3. The molecule has 6 rings (SSSR count). The molecule has 0 radical (unpaired) electrons. The molecule has 8 nitrogen and oxygen atoms in total. The van der Waals surface area contributed by atoms with E-state index in [4.69, 9.17) is 16.3 Å². The number of amides is 2. The van der Waals surface area contributed by atoms with Crippen LogP contribution in [0.15, 0.2) is 18.2 Å². The van der Waals surface area contributed by atoms with Gasteiger partial charge in [0, 0.05) is 29.4 Å². The highest BCUT2D eigenvalue weighted by Crippen LogP contribution is 2.57. The number of hydrogen-bond acceptors (Lipinski definition) is 5. The lowest BCUT2D eigenvalue weighted by Gasteiger charge is -2.59. The van der Waals surface area contributed by atoms with Crippen LogP contribution >= 0.6 is 11.6 Å². The van der Waals surface area contributed by atoms with Gasteiger partial charge in [0.1, 0.15) is 18.6 Å². The van der Waals surface area contributed by atoms with Gasteiger partial charge in [-0.15, -0.1) is 10.2 Å². The van der Waals surface area contributed by atoms with E-state index in [0.717, 1.165) is 29.9 Å². The predicted molar refractivity (Wildman–Crippen MR) is 122 cm³/mol. The van der Waals surface area contributed by atoms with Crippen molar-refractivity contribution < 1.29 is 23.1 Å². The summed E-state index contributed by atoms with van der Waals surface area (Å²) < 4.78 is 34.2. The van der Waals surface area contributed by atoms with Gasteiger partial charge in [-0.2, -0.15) is 0 Å². The van der Waals surface area contributed by atoms with Crippen LogP contribution in [0.4, 0.5) is 13.6 Å². The van der Waals surface area contributed by atoms with Gasteiger partial charge < -0.3 is 9.64 Å². The van der Waals surface area contributed by atoms with Crippen molar-refractivity contribution in [3.05, 3.63) is 40.4 Å². The summed E-state index contributed by atoms with van der Waals surface area (Å²) in [5.41, 5.74) is 0.0610. The Bertz CT molecular complexity index is 1200. The van der Waals surface area contributed by atoms with Crippen LogP contribution in [0.5, 0.6) is 0 Å². The quantitative estimate of drug-likeness (QED) is 0.629. The third kappa shape index (κ3) is 3.77. The van der Waals surface area contributed by atoms with Gasteiger partial charge in [0.25, 0.3) is 5.91 Å². The molecule has 2 amide bonds. The fourth-order valence-corrected chi connectivity index (χ4v) is 5.83. The maximum absolute atomic E-state index is 14.1. The molecule has 2 saturated carbocycles. The van der Waals surface area contributed by atoms with Crippen LogP contribution in [0.3, 0.4) is 0 Å². The first-order chi connectivity index (χ1) is 16.7. The van der Waals surface area contributed by atoms with Gasteiger partial charge in [-0.3, -0.25) is 14.3 Å². The maximum Gasteiger partial charge on any atom is 0.410 e. The van der Waals surface area contributed by atoms with Crippen molar-refractivity contribution in [1.82, 2.24) is 24.6 Å². The normalized spacial score (nSPS) is 22.4. The molecule has 35 heavy (non-hydrogen) atoms. The van der Waals surface area contributed by atoms with Crippen molar-refractivity contribution in [2.45, 2.75) is 63.4 Å². The smallest absolute Gasteiger partial charge is 0.410 e. The summed E-state index contributed by atoms with van der Waals surface area (Å²) in [6, 6.07) is 5.48. The van der Waals surface area contributed by atoms with Crippen LogP contribution in [0, 0.1) is 5.41 Å². The molecule has 3 fully saturated rings. The summed E-state index contributed by atoms with van der Waals surface area (Å²) in [6.07, 6.45) is 0.899. The Balaban J connectivity index is 1.23. The van der Waals surface area contributed by atoms with Crippen molar-refractivity contribution in [3.8, 4) is 5.69 Å².